The van der Waals surface area contributed by atoms with Crippen LogP contribution in [0.25, 0.3) is 0 Å². The summed E-state index contributed by atoms with van der Waals surface area (Å²) < 4.78 is 6.09. The highest BCUT2D eigenvalue weighted by molar-refractivity contribution is 7.12. The average Bonchev–Trinajstić information content (AvgIpc) is 3.42. The summed E-state index contributed by atoms with van der Waals surface area (Å²) in [5, 5.41) is 10.7. The molecule has 2 aliphatic rings. The van der Waals surface area contributed by atoms with E-state index in [1.165, 1.54) is 11.3 Å². The second-order valence-electron chi connectivity index (χ2n) is 7.99. The molecule has 0 aliphatic carbocycles. The lowest BCUT2D eigenvalue weighted by Crippen LogP contribution is -2.38. The van der Waals surface area contributed by atoms with Crippen molar-refractivity contribution in [1.29, 1.82) is 0 Å². The van der Waals surface area contributed by atoms with Gasteiger partial charge < -0.3 is 14.2 Å². The van der Waals surface area contributed by atoms with E-state index in [1.807, 2.05) is 35.1 Å². The van der Waals surface area contributed by atoms with E-state index in [4.69, 9.17) is 4.42 Å². The Bertz CT molecular complexity index is 869. The molecule has 7 nitrogen and oxygen atoms in total. The lowest BCUT2D eigenvalue weighted by Gasteiger charge is -2.33. The van der Waals surface area contributed by atoms with E-state index >= 15 is 0 Å². The maximum absolute atomic E-state index is 13.0. The molecule has 0 radical (unpaired) electrons. The number of nitrogens with zero attached hydrogens (tertiary/aromatic N) is 4. The fraction of sp³-hybridized carbons (Fsp3) is 0.619. The fourth-order valence-electron chi connectivity index (χ4n) is 4.26. The third-order valence-electron chi connectivity index (χ3n) is 5.95. The van der Waals surface area contributed by atoms with Crippen molar-refractivity contribution in [2.75, 3.05) is 19.6 Å². The predicted octanol–water partition coefficient (Wildman–Crippen LogP) is 3.92. The molecule has 0 aromatic carbocycles. The first-order chi connectivity index (χ1) is 14.1. The van der Waals surface area contributed by atoms with Crippen LogP contribution in [0.3, 0.4) is 0 Å². The molecular weight excluding hydrogens is 388 g/mol. The first kappa shape index (κ1) is 20.1. The van der Waals surface area contributed by atoms with Gasteiger partial charge in [-0.25, -0.2) is 0 Å². The zero-order valence-corrected chi connectivity index (χ0v) is 17.9. The second-order valence-corrected chi connectivity index (χ2v) is 8.90. The number of likely N-dealkylation sites (tertiary alicyclic amines) is 2. The third-order valence-corrected chi connectivity index (χ3v) is 6.98. The minimum Gasteiger partial charge on any atom is -0.423 e. The summed E-state index contributed by atoms with van der Waals surface area (Å²) in [6.45, 7) is 6.09. The van der Waals surface area contributed by atoms with Gasteiger partial charge in [0.1, 0.15) is 6.04 Å². The number of carbonyl (C=O) groups excluding carboxylic acids is 2. The van der Waals surface area contributed by atoms with Crippen molar-refractivity contribution in [2.24, 2.45) is 0 Å². The van der Waals surface area contributed by atoms with Crippen LogP contribution in [-0.2, 0) is 4.79 Å². The van der Waals surface area contributed by atoms with Crippen molar-refractivity contribution in [3.8, 4) is 0 Å². The van der Waals surface area contributed by atoms with Gasteiger partial charge in [0.25, 0.3) is 5.91 Å². The Morgan fingerprint density at radius 2 is 1.90 bits per heavy atom. The number of rotatable bonds is 4. The molecule has 0 spiro atoms. The Labute approximate surface area is 175 Å². The molecule has 2 aromatic heterocycles. The normalized spacial score (nSPS) is 20.8. The van der Waals surface area contributed by atoms with Gasteiger partial charge in [-0.05, 0) is 56.0 Å². The number of carbonyl (C=O) groups is 2. The summed E-state index contributed by atoms with van der Waals surface area (Å²) in [5.74, 6) is 1.64. The Morgan fingerprint density at radius 3 is 2.59 bits per heavy atom. The van der Waals surface area contributed by atoms with Crippen LogP contribution >= 0.6 is 11.3 Å². The first-order valence-corrected chi connectivity index (χ1v) is 11.4. The van der Waals surface area contributed by atoms with E-state index in [0.29, 0.717) is 18.2 Å². The van der Waals surface area contributed by atoms with Gasteiger partial charge in [0.2, 0.25) is 17.7 Å². The lowest BCUT2D eigenvalue weighted by atomic mass is 9.96. The SMILES string of the molecule is CCC(=O)N1CCC(c2nnc(C3CCCCN3C(=O)c3cc(C)cs3)o2)CC1. The summed E-state index contributed by atoms with van der Waals surface area (Å²) >= 11 is 1.49. The maximum Gasteiger partial charge on any atom is 0.264 e. The van der Waals surface area contributed by atoms with Gasteiger partial charge in [0.05, 0.1) is 4.88 Å². The molecular formula is C21H28N4O3S. The van der Waals surface area contributed by atoms with Gasteiger partial charge in [-0.3, -0.25) is 9.59 Å². The van der Waals surface area contributed by atoms with E-state index < -0.39 is 0 Å². The lowest BCUT2D eigenvalue weighted by molar-refractivity contribution is -0.131. The molecule has 8 heteroatoms. The molecule has 0 saturated carbocycles. The third kappa shape index (κ3) is 4.22. The molecule has 2 amide bonds. The highest BCUT2D eigenvalue weighted by Gasteiger charge is 2.34. The number of hydrogen-bond donors (Lipinski definition) is 0. The van der Waals surface area contributed by atoms with Crippen molar-refractivity contribution in [1.82, 2.24) is 20.0 Å². The number of aromatic nitrogens is 2. The van der Waals surface area contributed by atoms with Crippen LogP contribution in [0, 0.1) is 6.92 Å². The highest BCUT2D eigenvalue weighted by atomic mass is 32.1. The smallest absolute Gasteiger partial charge is 0.264 e. The minimum absolute atomic E-state index is 0.0546. The number of piperidine rings is 2. The Hall–Kier alpha value is -2.22. The van der Waals surface area contributed by atoms with Crippen LogP contribution in [0.4, 0.5) is 0 Å². The van der Waals surface area contributed by atoms with Crippen LogP contribution in [0.2, 0.25) is 0 Å². The van der Waals surface area contributed by atoms with E-state index in [9.17, 15) is 9.59 Å². The van der Waals surface area contributed by atoms with Gasteiger partial charge in [0.15, 0.2) is 0 Å². The van der Waals surface area contributed by atoms with Gasteiger partial charge in [-0.2, -0.15) is 0 Å². The van der Waals surface area contributed by atoms with Crippen LogP contribution < -0.4 is 0 Å². The standard InChI is InChI=1S/C21H28N4O3S/c1-3-18(26)24-10-7-15(8-11-24)19-22-23-20(28-19)16-6-4-5-9-25(16)21(27)17-12-14(2)13-29-17/h12-13,15-16H,3-11H2,1-2H3. The van der Waals surface area contributed by atoms with Crippen molar-refractivity contribution >= 4 is 23.2 Å². The van der Waals surface area contributed by atoms with Crippen molar-refractivity contribution < 1.29 is 14.0 Å². The fourth-order valence-corrected chi connectivity index (χ4v) is 5.11. The molecule has 29 heavy (non-hydrogen) atoms. The molecule has 0 N–H and O–H groups in total. The quantitative estimate of drug-likeness (QED) is 0.755. The average molecular weight is 417 g/mol. The van der Waals surface area contributed by atoms with Crippen LogP contribution in [0.5, 0.6) is 0 Å². The maximum atomic E-state index is 13.0. The Balaban J connectivity index is 1.46. The van der Waals surface area contributed by atoms with Crippen LogP contribution in [0.15, 0.2) is 15.9 Å². The van der Waals surface area contributed by atoms with E-state index in [2.05, 4.69) is 10.2 Å². The highest BCUT2D eigenvalue weighted by Crippen LogP contribution is 2.34. The molecule has 2 saturated heterocycles. The molecule has 1 atom stereocenters. The summed E-state index contributed by atoms with van der Waals surface area (Å²) in [5.41, 5.74) is 1.11. The predicted molar refractivity (Wildman–Crippen MR) is 110 cm³/mol. The van der Waals surface area contributed by atoms with Crippen LogP contribution in [0.1, 0.15) is 84.4 Å². The van der Waals surface area contributed by atoms with Crippen molar-refractivity contribution in [3.05, 3.63) is 33.7 Å². The van der Waals surface area contributed by atoms with E-state index in [-0.39, 0.29) is 23.8 Å². The zero-order valence-electron chi connectivity index (χ0n) is 17.1. The molecule has 2 aliphatic heterocycles. The van der Waals surface area contributed by atoms with Gasteiger partial charge in [0, 0.05) is 32.0 Å². The molecule has 4 rings (SSSR count). The van der Waals surface area contributed by atoms with Crippen LogP contribution in [-0.4, -0.2) is 51.4 Å². The number of amides is 2. The van der Waals surface area contributed by atoms with Gasteiger partial charge in [-0.15, -0.1) is 21.5 Å². The summed E-state index contributed by atoms with van der Waals surface area (Å²) in [4.78, 5) is 29.5. The Morgan fingerprint density at radius 1 is 1.14 bits per heavy atom. The number of aryl methyl sites for hydroxylation is 1. The summed E-state index contributed by atoms with van der Waals surface area (Å²) in [7, 11) is 0. The monoisotopic (exact) mass is 416 g/mol. The van der Waals surface area contributed by atoms with Crippen molar-refractivity contribution in [2.45, 2.75) is 64.3 Å². The molecule has 2 fully saturated rings. The van der Waals surface area contributed by atoms with E-state index in [1.54, 1.807) is 0 Å². The molecule has 1 unspecified atom stereocenters. The number of thiophene rings is 1. The Kier molecular flexibility index (Phi) is 5.99. The summed E-state index contributed by atoms with van der Waals surface area (Å²) in [6, 6.07) is 1.80. The minimum atomic E-state index is -0.151. The van der Waals surface area contributed by atoms with Gasteiger partial charge >= 0.3 is 0 Å². The second kappa shape index (κ2) is 8.65. The topological polar surface area (TPSA) is 79.5 Å². The largest absolute Gasteiger partial charge is 0.423 e. The first-order valence-electron chi connectivity index (χ1n) is 10.5. The molecule has 4 heterocycles. The molecule has 156 valence electrons. The summed E-state index contributed by atoms with van der Waals surface area (Å²) in [6.07, 6.45) is 5.13. The van der Waals surface area contributed by atoms with Gasteiger partial charge in [-0.1, -0.05) is 6.92 Å². The van der Waals surface area contributed by atoms with Crippen molar-refractivity contribution in [3.63, 3.8) is 0 Å². The zero-order chi connectivity index (χ0) is 20.4. The number of hydrogen-bond acceptors (Lipinski definition) is 6. The molecule has 0 bridgehead atoms. The molecule has 2 aromatic rings. The van der Waals surface area contributed by atoms with E-state index in [0.717, 1.165) is 62.2 Å².